The average Bonchev–Trinajstić information content (AvgIpc) is 2.04. The van der Waals surface area contributed by atoms with Crippen LogP contribution in [0.25, 0.3) is 6.20 Å². The third kappa shape index (κ3) is 30.6. The molecule has 13 heteroatoms. The summed E-state index contributed by atoms with van der Waals surface area (Å²) >= 11 is 0. The van der Waals surface area contributed by atoms with Crippen molar-refractivity contribution in [2.24, 2.45) is 4.99 Å². The van der Waals surface area contributed by atoms with Gasteiger partial charge in [-0.15, -0.1) is 0 Å². The predicted molar refractivity (Wildman–Crippen MR) is 44.3 cm³/mol. The Morgan fingerprint density at radius 1 is 0.727 bits per heavy atom. The van der Waals surface area contributed by atoms with E-state index < -0.39 is 0 Å². The maximum Gasteiger partial charge on any atom is 0.110 e. The molecule has 0 spiro atoms. The van der Waals surface area contributed by atoms with Crippen molar-refractivity contribution in [1.29, 1.82) is 0 Å². The van der Waals surface area contributed by atoms with Crippen molar-refractivity contribution in [3.63, 3.8) is 0 Å². The second-order valence-corrected chi connectivity index (χ2v) is 2.74. The van der Waals surface area contributed by atoms with Gasteiger partial charge < -0.3 is 4.90 Å². The van der Waals surface area contributed by atoms with Crippen molar-refractivity contribution in [2.45, 2.75) is 0 Å². The second-order valence-electron chi connectivity index (χ2n) is 2.74. The molecule has 1 aromatic rings. The van der Waals surface area contributed by atoms with E-state index in [1.165, 1.54) is 5.22 Å². The molecule has 0 saturated heterocycles. The van der Waals surface area contributed by atoms with E-state index in [2.05, 4.69) is 22.2 Å². The van der Waals surface area contributed by atoms with Crippen molar-refractivity contribution < 1.29 is 415 Å². The van der Waals surface area contributed by atoms with Crippen LogP contribution < -0.4 is 10.6 Å². The smallest absolute Gasteiger partial charge is 0.110 e. The van der Waals surface area contributed by atoms with E-state index >= 15 is 0 Å². The molecule has 1 aliphatic rings. The quantitative estimate of drug-likeness (QED) is 0.417. The summed E-state index contributed by atoms with van der Waals surface area (Å²) in [5.74, 6) is 0. The van der Waals surface area contributed by atoms with Crippen molar-refractivity contribution in [2.75, 3.05) is 13.7 Å². The molecule has 1 heterocycles. The zero-order valence-corrected chi connectivity index (χ0v) is 18.2. The summed E-state index contributed by atoms with van der Waals surface area (Å²) in [4.78, 5) is 6.44. The fourth-order valence-corrected chi connectivity index (χ4v) is 1.21. The molecule has 22 heavy (non-hydrogen) atoms. The summed E-state index contributed by atoms with van der Waals surface area (Å²) in [6.07, 6.45) is 2.11. The van der Waals surface area contributed by atoms with Crippen LogP contribution in [0.3, 0.4) is 0 Å². The Kier molecular flexibility index (Phi) is 128. The van der Waals surface area contributed by atoms with Gasteiger partial charge in [0, 0.05) is 434 Å². The Morgan fingerprint density at radius 3 is 1.59 bits per heavy atom. The molecule has 0 atom stereocenters. The van der Waals surface area contributed by atoms with Crippen LogP contribution in [0, 0.1) is 415 Å². The molecular weight excluding hydrogens is 576 g/mol. The minimum Gasteiger partial charge on any atom is -0.361 e. The summed E-state index contributed by atoms with van der Waals surface area (Å²) < 4.78 is 0. The maximum absolute atomic E-state index is 4.37. The van der Waals surface area contributed by atoms with Gasteiger partial charge in [-0.1, -0.05) is 18.2 Å². The van der Waals surface area contributed by atoms with Gasteiger partial charge in [-0.3, -0.25) is 4.99 Å². The van der Waals surface area contributed by atoms with Crippen LogP contribution in [0.5, 0.6) is 0 Å². The van der Waals surface area contributed by atoms with Crippen LogP contribution >= 0.6 is 0 Å². The summed E-state index contributed by atoms with van der Waals surface area (Å²) in [5, 5.41) is 2.31. The minimum atomic E-state index is 0. The number of rotatable bonds is 0. The molecule has 0 aliphatic carbocycles. The van der Waals surface area contributed by atoms with E-state index in [9.17, 15) is 0 Å². The number of fused-ring (bicyclic) bond motifs is 1. The molecule has 2 rings (SSSR count). The van der Waals surface area contributed by atoms with Gasteiger partial charge in [0.1, 0.15) is 6.67 Å². The van der Waals surface area contributed by atoms with Crippen LogP contribution in [0.4, 0.5) is 0 Å². The summed E-state index contributed by atoms with van der Waals surface area (Å²) in [6, 6.07) is 8.17. The Bertz CT molecular complexity index is 389. The van der Waals surface area contributed by atoms with Gasteiger partial charge in [-0.2, -0.15) is 0 Å². The summed E-state index contributed by atoms with van der Waals surface area (Å²) in [5.41, 5.74) is 0. The predicted octanol–water partition coefficient (Wildman–Crippen LogP) is -0.0529. The van der Waals surface area contributed by atoms with E-state index in [0.29, 0.717) is 0 Å². The normalized spacial score (nSPS) is 7.41. The van der Waals surface area contributed by atoms with Crippen molar-refractivity contribution in [3.05, 3.63) is 34.8 Å². The zero-order chi connectivity index (χ0) is 7.68. The first-order valence-corrected chi connectivity index (χ1v) is 3.68. The van der Waals surface area contributed by atoms with E-state index in [1.807, 2.05) is 25.2 Å². The third-order valence-corrected chi connectivity index (χ3v) is 1.76. The largest absolute Gasteiger partial charge is 0.361 e. The number of hydrogen-bond donors (Lipinski definition) is 0. The summed E-state index contributed by atoms with van der Waals surface area (Å²) in [6.45, 7) is 0.775. The average molecular weight is 586 g/mol. The third-order valence-electron chi connectivity index (χ3n) is 1.76. The maximum atomic E-state index is 4.37. The molecule has 0 N–H and O–H groups in total. The van der Waals surface area contributed by atoms with E-state index in [1.54, 1.807) is 0 Å². The first kappa shape index (κ1) is 64.5. The van der Waals surface area contributed by atoms with E-state index in [4.69, 9.17) is 0 Å². The Hall–Kier alpha value is 12.5. The fourth-order valence-electron chi connectivity index (χ4n) is 1.21. The second kappa shape index (κ2) is 43.6. The first-order chi connectivity index (χ1) is 5.36. The molecule has 0 aromatic heterocycles. The number of para-hydroxylation sites is 1. The van der Waals surface area contributed by atoms with Crippen LogP contribution in [0.15, 0.2) is 29.3 Å². The molecule has 0 amide bonds. The number of benzene rings is 1. The molecule has 0 unspecified atom stereocenters. The van der Waals surface area contributed by atoms with Crippen LogP contribution in [-0.2, 0) is 0 Å². The topological polar surface area (TPSA) is 15.6 Å². The standard InChI is InChI=1S/C9H10N2.11Ar/c1-11-6-8-4-2-3-5-9(8)10-7-11;;;;;;;;;;;/h2-6H,7H2,1H3;;;;;;;;;;;. The number of nitrogens with zero attached hydrogens (tertiary/aromatic N) is 2. The first-order valence-electron chi connectivity index (χ1n) is 3.68. The molecule has 0 saturated carbocycles. The molecule has 1 aliphatic heterocycles. The van der Waals surface area contributed by atoms with Crippen molar-refractivity contribution in [3.8, 4) is 0 Å². The molecule has 1 aromatic carbocycles. The van der Waals surface area contributed by atoms with E-state index in [0.717, 1.165) is 12.0 Å². The number of hydrogen-bond acceptors (Lipinski definition) is 2. The Balaban J connectivity index is -0.0000000164. The zero-order valence-electron chi connectivity index (χ0n) is 10.4. The fraction of sp³-hybridized carbons (Fsp3) is 0.222. The van der Waals surface area contributed by atoms with Gasteiger partial charge in [0.25, 0.3) is 0 Å². The van der Waals surface area contributed by atoms with Crippen LogP contribution in [0.1, 0.15) is 0 Å². The van der Waals surface area contributed by atoms with E-state index in [-0.39, 0.29) is 415 Å². The molecule has 144 valence electrons. The molecule has 0 fully saturated rings. The molecule has 2 nitrogen and oxygen atoms in total. The van der Waals surface area contributed by atoms with Gasteiger partial charge >= 0.3 is 0 Å². The Morgan fingerprint density at radius 2 is 1.14 bits per heavy atom. The Labute approximate surface area is 463 Å². The van der Waals surface area contributed by atoms with Crippen LogP contribution in [0.2, 0.25) is 0 Å². The van der Waals surface area contributed by atoms with Gasteiger partial charge in [0.15, 0.2) is 0 Å². The van der Waals surface area contributed by atoms with Crippen molar-refractivity contribution in [1.82, 2.24) is 4.90 Å². The molecule has 0 radical (unpaired) electrons. The van der Waals surface area contributed by atoms with Gasteiger partial charge in [0.2, 0.25) is 0 Å². The minimum absolute atomic E-state index is 0. The summed E-state index contributed by atoms with van der Waals surface area (Å²) in [7, 11) is 2.03. The molecule has 0 bridgehead atoms. The van der Waals surface area contributed by atoms with Gasteiger partial charge in [-0.25, -0.2) is 0 Å². The monoisotopic (exact) mass is 586 g/mol. The van der Waals surface area contributed by atoms with Crippen LogP contribution in [-0.4, -0.2) is 18.6 Å². The molecular formula is C9H10Ar11N2. The van der Waals surface area contributed by atoms with Crippen molar-refractivity contribution >= 4 is 6.20 Å². The van der Waals surface area contributed by atoms with Gasteiger partial charge in [0.05, 0.1) is 5.36 Å². The SMILES string of the molecule is CN1C=c2ccccc2=NC1.[Ar].[Ar].[Ar].[Ar].[Ar].[Ar].[Ar].[Ar].[Ar].[Ar].[Ar]. The van der Waals surface area contributed by atoms with Gasteiger partial charge in [-0.05, 0) is 6.07 Å².